The van der Waals surface area contributed by atoms with Gasteiger partial charge in [0.2, 0.25) is 0 Å². The third kappa shape index (κ3) is 3.86. The predicted molar refractivity (Wildman–Crippen MR) is 64.7 cm³/mol. The second-order valence-electron chi connectivity index (χ2n) is 3.92. The number of nitrogens with zero attached hydrogens (tertiary/aromatic N) is 3. The number of nitro groups is 1. The summed E-state index contributed by atoms with van der Waals surface area (Å²) in [5, 5.41) is 10.6. The lowest BCUT2D eigenvalue weighted by Gasteiger charge is -2.22. The van der Waals surface area contributed by atoms with Gasteiger partial charge < -0.3 is 15.0 Å². The van der Waals surface area contributed by atoms with Crippen LogP contribution in [0.15, 0.2) is 12.1 Å². The Bertz CT molecular complexity index is 516. The Morgan fingerprint density at radius 2 is 2.10 bits per heavy atom. The van der Waals surface area contributed by atoms with Crippen LogP contribution < -0.4 is 0 Å². The number of carbonyl (C=O) groups excluding carboxylic acids is 1. The molecule has 0 fully saturated rings. The Morgan fingerprint density at radius 1 is 1.50 bits per heavy atom. The maximum absolute atomic E-state index is 12.4. The first-order valence-corrected chi connectivity index (χ1v) is 5.93. The van der Waals surface area contributed by atoms with Crippen molar-refractivity contribution in [2.75, 3.05) is 19.0 Å². The van der Waals surface area contributed by atoms with Crippen LogP contribution >= 0.6 is 11.6 Å². The van der Waals surface area contributed by atoms with E-state index < -0.39 is 23.6 Å². The van der Waals surface area contributed by atoms with Gasteiger partial charge in [-0.1, -0.05) is 0 Å². The van der Waals surface area contributed by atoms with Gasteiger partial charge in [-0.05, 0) is 11.0 Å². The summed E-state index contributed by atoms with van der Waals surface area (Å²) in [4.78, 5) is 22.4. The van der Waals surface area contributed by atoms with Gasteiger partial charge in [0, 0.05) is 18.5 Å². The molecule has 1 heterocycles. The molecule has 20 heavy (non-hydrogen) atoms. The molecule has 0 aliphatic heterocycles. The maximum atomic E-state index is 12.4. The fourth-order valence-corrected chi connectivity index (χ4v) is 1.84. The summed E-state index contributed by atoms with van der Waals surface area (Å²) in [6.07, 6.45) is -4.57. The molecule has 1 aromatic heterocycles. The first kappa shape index (κ1) is 16.3. The molecule has 0 radical (unpaired) electrons. The summed E-state index contributed by atoms with van der Waals surface area (Å²) >= 11 is 5.38. The molecule has 0 atom stereocenters. The van der Waals surface area contributed by atoms with Gasteiger partial charge in [0.25, 0.3) is 5.91 Å². The Morgan fingerprint density at radius 3 is 2.50 bits per heavy atom. The normalized spacial score (nSPS) is 11.4. The number of rotatable bonds is 5. The summed E-state index contributed by atoms with van der Waals surface area (Å²) in [6, 6.07) is 2.16. The van der Waals surface area contributed by atoms with Crippen molar-refractivity contribution in [3.05, 3.63) is 27.9 Å². The molecule has 0 aromatic carbocycles. The van der Waals surface area contributed by atoms with E-state index in [-0.39, 0.29) is 23.9 Å². The quantitative estimate of drug-likeness (QED) is 0.475. The van der Waals surface area contributed by atoms with Crippen molar-refractivity contribution in [1.29, 1.82) is 0 Å². The molecule has 0 spiro atoms. The van der Waals surface area contributed by atoms with Crippen molar-refractivity contribution in [2.24, 2.45) is 7.05 Å². The molecule has 0 N–H and O–H groups in total. The lowest BCUT2D eigenvalue weighted by Crippen LogP contribution is -2.40. The molecular formula is C10H11ClF3N3O3. The topological polar surface area (TPSA) is 68.4 Å². The van der Waals surface area contributed by atoms with Gasteiger partial charge in [-0.15, -0.1) is 11.6 Å². The van der Waals surface area contributed by atoms with Gasteiger partial charge in [-0.3, -0.25) is 4.79 Å². The molecule has 6 nitrogen and oxygen atoms in total. The molecular weight excluding hydrogens is 303 g/mol. The number of hydrogen-bond acceptors (Lipinski definition) is 3. The minimum atomic E-state index is -4.57. The third-order valence-corrected chi connectivity index (χ3v) is 2.68. The minimum absolute atomic E-state index is 0.172. The lowest BCUT2D eigenvalue weighted by atomic mass is 10.3. The largest absolute Gasteiger partial charge is 0.406 e. The van der Waals surface area contributed by atoms with Gasteiger partial charge in [0.05, 0.1) is 7.05 Å². The molecule has 0 saturated carbocycles. The van der Waals surface area contributed by atoms with E-state index in [4.69, 9.17) is 11.6 Å². The van der Waals surface area contributed by atoms with Crippen molar-refractivity contribution in [1.82, 2.24) is 9.47 Å². The van der Waals surface area contributed by atoms with Crippen LogP contribution in [0.4, 0.5) is 19.0 Å². The van der Waals surface area contributed by atoms with E-state index in [2.05, 4.69) is 0 Å². The van der Waals surface area contributed by atoms with Crippen molar-refractivity contribution >= 4 is 23.3 Å². The van der Waals surface area contributed by atoms with Crippen molar-refractivity contribution in [3.8, 4) is 0 Å². The fourth-order valence-electron chi connectivity index (χ4n) is 1.63. The highest BCUT2D eigenvalue weighted by Gasteiger charge is 2.35. The van der Waals surface area contributed by atoms with E-state index in [0.717, 1.165) is 16.7 Å². The number of carbonyl (C=O) groups is 1. The van der Waals surface area contributed by atoms with E-state index in [9.17, 15) is 28.1 Å². The molecule has 1 aromatic rings. The predicted octanol–water partition coefficient (Wildman–Crippen LogP) is 2.18. The molecule has 1 rings (SSSR count). The van der Waals surface area contributed by atoms with E-state index in [1.165, 1.54) is 7.05 Å². The van der Waals surface area contributed by atoms with Crippen LogP contribution in [0.1, 0.15) is 10.5 Å². The van der Waals surface area contributed by atoms with Crippen LogP contribution in [-0.4, -0.2) is 45.4 Å². The highest BCUT2D eigenvalue weighted by molar-refractivity contribution is 6.18. The van der Waals surface area contributed by atoms with Crippen molar-refractivity contribution in [2.45, 2.75) is 6.18 Å². The van der Waals surface area contributed by atoms with Gasteiger partial charge >= 0.3 is 12.0 Å². The maximum Gasteiger partial charge on any atom is 0.406 e. The number of aromatic nitrogens is 1. The number of alkyl halides is 4. The Hall–Kier alpha value is -1.77. The van der Waals surface area contributed by atoms with Crippen molar-refractivity contribution in [3.63, 3.8) is 0 Å². The van der Waals surface area contributed by atoms with E-state index in [1.807, 2.05) is 0 Å². The highest BCUT2D eigenvalue weighted by Crippen LogP contribution is 2.20. The first-order valence-electron chi connectivity index (χ1n) is 5.39. The van der Waals surface area contributed by atoms with Gasteiger partial charge in [-0.25, -0.2) is 4.57 Å². The highest BCUT2D eigenvalue weighted by atomic mass is 35.5. The van der Waals surface area contributed by atoms with E-state index in [0.29, 0.717) is 4.90 Å². The summed E-state index contributed by atoms with van der Waals surface area (Å²) in [5.74, 6) is -1.52. The summed E-state index contributed by atoms with van der Waals surface area (Å²) in [7, 11) is 1.23. The zero-order valence-electron chi connectivity index (χ0n) is 10.4. The Labute approximate surface area is 116 Å². The molecule has 0 aliphatic carbocycles. The second kappa shape index (κ2) is 6.12. The molecule has 0 saturated heterocycles. The van der Waals surface area contributed by atoms with E-state index in [1.54, 1.807) is 0 Å². The van der Waals surface area contributed by atoms with Crippen LogP contribution in [0.25, 0.3) is 0 Å². The SMILES string of the molecule is Cn1c(C(=O)N(CCCl)CC(F)(F)F)ccc1[N+](=O)[O-]. The number of hydrogen-bond donors (Lipinski definition) is 0. The molecule has 1 amide bonds. The van der Waals surface area contributed by atoms with Crippen LogP contribution in [0.2, 0.25) is 0 Å². The van der Waals surface area contributed by atoms with Crippen LogP contribution in [-0.2, 0) is 7.05 Å². The number of halogens is 4. The third-order valence-electron chi connectivity index (χ3n) is 2.51. The number of amides is 1. The molecule has 0 aliphatic rings. The summed E-state index contributed by atoms with van der Waals surface area (Å²) < 4.78 is 38.1. The lowest BCUT2D eigenvalue weighted by molar-refractivity contribution is -0.391. The van der Waals surface area contributed by atoms with Gasteiger partial charge in [0.1, 0.15) is 6.54 Å². The molecule has 0 bridgehead atoms. The summed E-state index contributed by atoms with van der Waals surface area (Å²) in [6.45, 7) is -1.77. The van der Waals surface area contributed by atoms with Crippen LogP contribution in [0.5, 0.6) is 0 Å². The standard InChI is InChI=1S/C10H11ClF3N3O3/c1-15-7(2-3-8(15)17(19)20)9(18)16(5-4-11)6-10(12,13)14/h2-3H,4-6H2,1H3. The van der Waals surface area contributed by atoms with Crippen LogP contribution in [0, 0.1) is 10.1 Å². The second-order valence-corrected chi connectivity index (χ2v) is 4.30. The van der Waals surface area contributed by atoms with E-state index >= 15 is 0 Å². The Kier molecular flexibility index (Phi) is 4.98. The van der Waals surface area contributed by atoms with Gasteiger partial charge in [-0.2, -0.15) is 13.2 Å². The smallest absolute Gasteiger partial charge is 0.358 e. The average molecular weight is 314 g/mol. The van der Waals surface area contributed by atoms with Crippen molar-refractivity contribution < 1.29 is 22.9 Å². The molecule has 10 heteroatoms. The van der Waals surface area contributed by atoms with Gasteiger partial charge in [0.15, 0.2) is 5.69 Å². The molecule has 112 valence electrons. The first-order chi connectivity index (χ1) is 9.17. The Balaban J connectivity index is 3.03. The minimum Gasteiger partial charge on any atom is -0.358 e. The molecule has 0 unspecified atom stereocenters. The average Bonchev–Trinajstić information content (AvgIpc) is 2.68. The summed E-state index contributed by atoms with van der Waals surface area (Å²) in [5.41, 5.74) is -0.203. The fraction of sp³-hybridized carbons (Fsp3) is 0.500. The zero-order valence-corrected chi connectivity index (χ0v) is 11.1. The van der Waals surface area contributed by atoms with Crippen LogP contribution in [0.3, 0.4) is 0 Å². The zero-order chi connectivity index (χ0) is 15.5. The monoisotopic (exact) mass is 313 g/mol.